The first-order valence-electron chi connectivity index (χ1n) is 11.1. The second-order valence-corrected chi connectivity index (χ2v) is 7.73. The molecule has 3 aromatic rings. The number of nitrogens with one attached hydrogen (secondary N) is 2. The van der Waals surface area contributed by atoms with Crippen LogP contribution in [0.25, 0.3) is 11.3 Å². The van der Waals surface area contributed by atoms with Crippen molar-refractivity contribution in [2.75, 3.05) is 50.1 Å². The van der Waals surface area contributed by atoms with Crippen molar-refractivity contribution in [3.63, 3.8) is 0 Å². The highest BCUT2D eigenvalue weighted by molar-refractivity contribution is 5.61. The number of hydrogen-bond donors (Lipinski definition) is 3. The number of nitrogen functional groups attached to an aromatic ring is 1. The number of benzene rings is 2. The predicted octanol–water partition coefficient (Wildman–Crippen LogP) is 3.61. The molecular formula is C25H31N5O2. The molecule has 4 rings (SSSR count). The lowest BCUT2D eigenvalue weighted by molar-refractivity contribution is 0.122. The molecule has 1 aliphatic heterocycles. The van der Waals surface area contributed by atoms with Gasteiger partial charge in [0.1, 0.15) is 5.75 Å². The number of hydrogen-bond acceptors (Lipinski definition) is 6. The number of nitrogens with two attached hydrogens (primary N) is 1. The molecule has 0 saturated carbocycles. The molecule has 0 spiro atoms. The largest absolute Gasteiger partial charge is 0.493 e. The fourth-order valence-corrected chi connectivity index (χ4v) is 3.77. The maximum Gasteiger partial charge on any atom is 0.119 e. The third kappa shape index (κ3) is 6.12. The summed E-state index contributed by atoms with van der Waals surface area (Å²) in [4.78, 5) is 2.37. The van der Waals surface area contributed by atoms with Gasteiger partial charge in [-0.15, -0.1) is 0 Å². The van der Waals surface area contributed by atoms with Gasteiger partial charge in [-0.05, 0) is 48.4 Å². The summed E-state index contributed by atoms with van der Waals surface area (Å²) in [5, 5.41) is 10.5. The summed E-state index contributed by atoms with van der Waals surface area (Å²) in [6.45, 7) is 5.60. The molecule has 0 unspecified atom stereocenters. The third-order valence-electron chi connectivity index (χ3n) is 5.40. The van der Waals surface area contributed by atoms with E-state index in [-0.39, 0.29) is 0 Å². The van der Waals surface area contributed by atoms with Crippen molar-refractivity contribution in [3.05, 3.63) is 72.4 Å². The van der Waals surface area contributed by atoms with Crippen molar-refractivity contribution >= 4 is 11.4 Å². The van der Waals surface area contributed by atoms with E-state index in [1.807, 2.05) is 36.4 Å². The maximum atomic E-state index is 6.02. The fraction of sp³-hybridized carbons (Fsp3) is 0.320. The molecule has 1 aliphatic rings. The molecule has 1 fully saturated rings. The molecule has 0 atom stereocenters. The molecular weight excluding hydrogens is 402 g/mol. The van der Waals surface area contributed by atoms with E-state index in [1.165, 1.54) is 11.3 Å². The number of nitrogens with zero attached hydrogens (tertiary/aromatic N) is 2. The van der Waals surface area contributed by atoms with Crippen LogP contribution in [0.15, 0.2) is 66.9 Å². The molecule has 32 heavy (non-hydrogen) atoms. The Bertz CT molecular complexity index is 997. The Kier molecular flexibility index (Phi) is 7.79. The molecule has 0 bridgehead atoms. The standard InChI is InChI=1S/C25H31N5O2/c26-22-7-8-25(30-12-15-31-16-13-30)21(17-22)19-27-10-2-1-3-14-32-23-6-4-5-20(18-23)24-9-11-28-29-24/h1-2,4-9,11,17-18,27H,3,10,12-16,19,26H2,(H,28,29)/b2-1-. The maximum absolute atomic E-state index is 6.02. The second kappa shape index (κ2) is 11.4. The predicted molar refractivity (Wildman–Crippen MR) is 129 cm³/mol. The number of aromatic amines is 1. The molecule has 0 amide bonds. The number of aromatic nitrogens is 2. The topological polar surface area (TPSA) is 88.4 Å². The van der Waals surface area contributed by atoms with Gasteiger partial charge in [-0.3, -0.25) is 5.10 Å². The minimum atomic E-state index is 0.638. The van der Waals surface area contributed by atoms with Crippen LogP contribution in [0.4, 0.5) is 11.4 Å². The first-order chi connectivity index (χ1) is 15.8. The smallest absolute Gasteiger partial charge is 0.119 e. The van der Waals surface area contributed by atoms with Gasteiger partial charge in [-0.25, -0.2) is 0 Å². The quantitative estimate of drug-likeness (QED) is 0.257. The first kappa shape index (κ1) is 21.9. The average Bonchev–Trinajstić information content (AvgIpc) is 3.37. The van der Waals surface area contributed by atoms with Crippen molar-refractivity contribution in [2.45, 2.75) is 13.0 Å². The summed E-state index contributed by atoms with van der Waals surface area (Å²) >= 11 is 0. The van der Waals surface area contributed by atoms with Crippen molar-refractivity contribution in [2.24, 2.45) is 0 Å². The van der Waals surface area contributed by atoms with Crippen LogP contribution in [0.1, 0.15) is 12.0 Å². The molecule has 0 radical (unpaired) electrons. The summed E-state index contributed by atoms with van der Waals surface area (Å²) < 4.78 is 11.4. The minimum absolute atomic E-state index is 0.638. The molecule has 7 nitrogen and oxygen atoms in total. The van der Waals surface area contributed by atoms with Crippen molar-refractivity contribution in [3.8, 4) is 17.0 Å². The highest BCUT2D eigenvalue weighted by Gasteiger charge is 2.14. The van der Waals surface area contributed by atoms with Crippen molar-refractivity contribution < 1.29 is 9.47 Å². The van der Waals surface area contributed by atoms with Gasteiger partial charge in [0.2, 0.25) is 0 Å². The fourth-order valence-electron chi connectivity index (χ4n) is 3.77. The van der Waals surface area contributed by atoms with Gasteiger partial charge in [0.05, 0.1) is 25.5 Å². The Morgan fingerprint density at radius 3 is 2.88 bits per heavy atom. The monoisotopic (exact) mass is 433 g/mol. The van der Waals surface area contributed by atoms with E-state index in [2.05, 4.69) is 44.7 Å². The summed E-state index contributed by atoms with van der Waals surface area (Å²) in [6.07, 6.45) is 6.89. The number of ether oxygens (including phenoxy) is 2. The zero-order chi connectivity index (χ0) is 22.0. The van der Waals surface area contributed by atoms with Gasteiger partial charge in [0.15, 0.2) is 0 Å². The van der Waals surface area contributed by atoms with E-state index in [1.54, 1.807) is 6.20 Å². The number of H-pyrrole nitrogens is 1. The van der Waals surface area contributed by atoms with E-state index >= 15 is 0 Å². The lowest BCUT2D eigenvalue weighted by Gasteiger charge is -2.30. The lowest BCUT2D eigenvalue weighted by atomic mass is 10.1. The lowest BCUT2D eigenvalue weighted by Crippen LogP contribution is -2.37. The van der Waals surface area contributed by atoms with Gasteiger partial charge in [-0.2, -0.15) is 5.10 Å². The number of rotatable bonds is 10. The van der Waals surface area contributed by atoms with Crippen LogP contribution < -0.4 is 20.7 Å². The Morgan fingerprint density at radius 1 is 1.12 bits per heavy atom. The molecule has 168 valence electrons. The van der Waals surface area contributed by atoms with E-state index in [9.17, 15) is 0 Å². The van der Waals surface area contributed by atoms with E-state index in [0.717, 1.165) is 68.5 Å². The van der Waals surface area contributed by atoms with Gasteiger partial charge in [0.25, 0.3) is 0 Å². The van der Waals surface area contributed by atoms with Crippen LogP contribution in [0.2, 0.25) is 0 Å². The van der Waals surface area contributed by atoms with Crippen LogP contribution in [0, 0.1) is 0 Å². The summed E-state index contributed by atoms with van der Waals surface area (Å²) in [5.41, 5.74) is 11.3. The average molecular weight is 434 g/mol. The Balaban J connectivity index is 1.19. The van der Waals surface area contributed by atoms with Crippen LogP contribution in [-0.4, -0.2) is 49.7 Å². The number of anilines is 2. The Hall–Kier alpha value is -3.29. The number of morpholine rings is 1. The van der Waals surface area contributed by atoms with Gasteiger partial charge in [-0.1, -0.05) is 24.3 Å². The first-order valence-corrected chi connectivity index (χ1v) is 11.1. The molecule has 1 saturated heterocycles. The normalized spacial score (nSPS) is 14.2. The van der Waals surface area contributed by atoms with Gasteiger partial charge < -0.3 is 25.4 Å². The highest BCUT2D eigenvalue weighted by atomic mass is 16.5. The van der Waals surface area contributed by atoms with E-state index in [0.29, 0.717) is 6.61 Å². The van der Waals surface area contributed by atoms with Crippen LogP contribution in [0.5, 0.6) is 5.75 Å². The zero-order valence-electron chi connectivity index (χ0n) is 18.3. The molecule has 7 heteroatoms. The zero-order valence-corrected chi connectivity index (χ0v) is 18.3. The van der Waals surface area contributed by atoms with Crippen LogP contribution in [-0.2, 0) is 11.3 Å². The Labute approximate surface area is 189 Å². The summed E-state index contributed by atoms with van der Waals surface area (Å²) in [5.74, 6) is 0.862. The SMILES string of the molecule is Nc1ccc(N2CCOCC2)c(CNC/C=C\CCOc2cccc(-c3ccn[nH]3)c2)c1. The second-order valence-electron chi connectivity index (χ2n) is 7.73. The molecule has 2 heterocycles. The molecule has 4 N–H and O–H groups in total. The Morgan fingerprint density at radius 2 is 2.03 bits per heavy atom. The van der Waals surface area contributed by atoms with Crippen molar-refractivity contribution in [1.29, 1.82) is 0 Å². The van der Waals surface area contributed by atoms with Gasteiger partial charge >= 0.3 is 0 Å². The third-order valence-corrected chi connectivity index (χ3v) is 5.40. The van der Waals surface area contributed by atoms with Crippen LogP contribution in [0.3, 0.4) is 0 Å². The highest BCUT2D eigenvalue weighted by Crippen LogP contribution is 2.24. The van der Waals surface area contributed by atoms with E-state index in [4.69, 9.17) is 15.2 Å². The van der Waals surface area contributed by atoms with E-state index < -0.39 is 0 Å². The summed E-state index contributed by atoms with van der Waals surface area (Å²) in [7, 11) is 0. The van der Waals surface area contributed by atoms with Crippen molar-refractivity contribution in [1.82, 2.24) is 15.5 Å². The molecule has 2 aromatic carbocycles. The van der Waals surface area contributed by atoms with Crippen LogP contribution >= 0.6 is 0 Å². The summed E-state index contributed by atoms with van der Waals surface area (Å²) in [6, 6.07) is 16.1. The minimum Gasteiger partial charge on any atom is -0.493 e. The molecule has 1 aromatic heterocycles. The molecule has 0 aliphatic carbocycles. The van der Waals surface area contributed by atoms with Gasteiger partial charge in [0, 0.05) is 49.3 Å².